The quantitative estimate of drug-likeness (QED) is 0.826. The minimum atomic E-state index is 0.245. The Labute approximate surface area is 107 Å². The molecule has 18 heavy (non-hydrogen) atoms. The summed E-state index contributed by atoms with van der Waals surface area (Å²) in [5, 5.41) is 0. The lowest BCUT2D eigenvalue weighted by atomic mass is 10.1. The number of fused-ring (bicyclic) bond motifs is 1. The number of benzene rings is 1. The van der Waals surface area contributed by atoms with Gasteiger partial charge in [-0.25, -0.2) is 4.98 Å². The van der Waals surface area contributed by atoms with E-state index < -0.39 is 0 Å². The Morgan fingerprint density at radius 2 is 2.22 bits per heavy atom. The summed E-state index contributed by atoms with van der Waals surface area (Å²) in [5.74, 6) is 2.13. The van der Waals surface area contributed by atoms with Crippen LogP contribution in [0.15, 0.2) is 18.2 Å². The third kappa shape index (κ3) is 2.05. The maximum absolute atomic E-state index is 11.0. The van der Waals surface area contributed by atoms with Crippen LogP contribution in [0.3, 0.4) is 0 Å². The molecule has 1 aliphatic rings. The molecule has 0 saturated heterocycles. The molecule has 3 nitrogen and oxygen atoms in total. The van der Waals surface area contributed by atoms with Crippen molar-refractivity contribution in [2.24, 2.45) is 7.05 Å². The molecule has 1 aliphatic carbocycles. The molecule has 0 unspecified atom stereocenters. The van der Waals surface area contributed by atoms with Crippen molar-refractivity contribution in [1.82, 2.24) is 9.55 Å². The highest BCUT2D eigenvalue weighted by molar-refractivity contribution is 5.78. The number of aromatic nitrogens is 2. The number of hydrogen-bond acceptors (Lipinski definition) is 2. The first-order valence-corrected chi connectivity index (χ1v) is 6.60. The van der Waals surface area contributed by atoms with Crippen molar-refractivity contribution in [1.29, 1.82) is 0 Å². The zero-order valence-electron chi connectivity index (χ0n) is 10.9. The van der Waals surface area contributed by atoms with Gasteiger partial charge >= 0.3 is 0 Å². The van der Waals surface area contributed by atoms with E-state index in [1.54, 1.807) is 6.92 Å². The maximum Gasteiger partial charge on any atom is 0.130 e. The summed E-state index contributed by atoms with van der Waals surface area (Å²) in [6.07, 6.45) is 3.98. The van der Waals surface area contributed by atoms with Crippen molar-refractivity contribution < 1.29 is 4.79 Å². The smallest absolute Gasteiger partial charge is 0.130 e. The molecule has 94 valence electrons. The van der Waals surface area contributed by atoms with E-state index >= 15 is 0 Å². The molecule has 2 aromatic rings. The molecule has 0 atom stereocenters. The second-order valence-electron chi connectivity index (χ2n) is 5.33. The Kier molecular flexibility index (Phi) is 2.69. The Morgan fingerprint density at radius 1 is 1.44 bits per heavy atom. The molecular weight excluding hydrogens is 224 g/mol. The zero-order chi connectivity index (χ0) is 12.7. The number of aryl methyl sites for hydroxylation is 2. The van der Waals surface area contributed by atoms with Crippen LogP contribution in [0.25, 0.3) is 11.0 Å². The van der Waals surface area contributed by atoms with Crippen molar-refractivity contribution in [3.05, 3.63) is 29.6 Å². The number of carbonyl (C=O) groups excluding carboxylic acids is 1. The van der Waals surface area contributed by atoms with E-state index in [0.717, 1.165) is 11.9 Å². The van der Waals surface area contributed by atoms with Gasteiger partial charge in [-0.05, 0) is 43.9 Å². The number of hydrogen-bond donors (Lipinski definition) is 0. The minimum Gasteiger partial charge on any atom is -0.331 e. The highest BCUT2D eigenvalue weighted by Gasteiger charge is 2.28. The van der Waals surface area contributed by atoms with Crippen molar-refractivity contribution in [3.8, 4) is 0 Å². The van der Waals surface area contributed by atoms with Crippen LogP contribution < -0.4 is 0 Å². The molecule has 1 aromatic heterocycles. The zero-order valence-corrected chi connectivity index (χ0v) is 10.9. The van der Waals surface area contributed by atoms with Gasteiger partial charge in [0.2, 0.25) is 0 Å². The highest BCUT2D eigenvalue weighted by atomic mass is 16.1. The lowest BCUT2D eigenvalue weighted by Crippen LogP contribution is -1.95. The molecule has 0 bridgehead atoms. The summed E-state index contributed by atoms with van der Waals surface area (Å²) in [7, 11) is 2.10. The van der Waals surface area contributed by atoms with E-state index in [4.69, 9.17) is 4.98 Å². The van der Waals surface area contributed by atoms with Crippen LogP contribution in [-0.4, -0.2) is 15.3 Å². The average Bonchev–Trinajstić information content (AvgIpc) is 3.13. The van der Waals surface area contributed by atoms with Crippen molar-refractivity contribution in [3.63, 3.8) is 0 Å². The largest absolute Gasteiger partial charge is 0.331 e. The van der Waals surface area contributed by atoms with Crippen LogP contribution in [0.2, 0.25) is 0 Å². The first kappa shape index (κ1) is 11.5. The summed E-state index contributed by atoms with van der Waals surface area (Å²) < 4.78 is 2.21. The molecule has 0 N–H and O–H groups in total. The second kappa shape index (κ2) is 4.23. The van der Waals surface area contributed by atoms with E-state index in [-0.39, 0.29) is 5.78 Å². The topological polar surface area (TPSA) is 34.9 Å². The summed E-state index contributed by atoms with van der Waals surface area (Å²) in [5.41, 5.74) is 3.47. The van der Waals surface area contributed by atoms with Gasteiger partial charge in [0.1, 0.15) is 11.6 Å². The van der Waals surface area contributed by atoms with Crippen molar-refractivity contribution in [2.75, 3.05) is 0 Å². The van der Waals surface area contributed by atoms with Crippen LogP contribution >= 0.6 is 0 Å². The van der Waals surface area contributed by atoms with Gasteiger partial charge in [0.25, 0.3) is 0 Å². The van der Waals surface area contributed by atoms with Gasteiger partial charge in [0.15, 0.2) is 0 Å². The Morgan fingerprint density at radius 3 is 2.89 bits per heavy atom. The molecule has 0 aliphatic heterocycles. The third-order valence-corrected chi connectivity index (χ3v) is 3.69. The van der Waals surface area contributed by atoms with Crippen molar-refractivity contribution in [2.45, 2.75) is 38.5 Å². The van der Waals surface area contributed by atoms with E-state index in [9.17, 15) is 4.79 Å². The first-order valence-electron chi connectivity index (χ1n) is 6.60. The Bertz CT molecular complexity index is 608. The average molecular weight is 242 g/mol. The maximum atomic E-state index is 11.0. The molecule has 1 aromatic carbocycles. The number of Topliss-reactive ketones (excluding diaryl/α,β-unsaturated/α-hetero) is 1. The fourth-order valence-corrected chi connectivity index (χ4v) is 2.45. The standard InChI is InChI=1S/C15H18N2O/c1-10(18)3-4-11-5-8-14-13(9-11)16-15(17(14)2)12-6-7-12/h5,8-9,12H,3-4,6-7H2,1-2H3. The molecule has 0 amide bonds. The summed E-state index contributed by atoms with van der Waals surface area (Å²) >= 11 is 0. The van der Waals surface area contributed by atoms with Gasteiger partial charge in [0.05, 0.1) is 11.0 Å². The van der Waals surface area contributed by atoms with E-state index in [1.807, 2.05) is 0 Å². The monoisotopic (exact) mass is 242 g/mol. The van der Waals surface area contributed by atoms with Gasteiger partial charge in [-0.2, -0.15) is 0 Å². The Balaban J connectivity index is 1.94. The fourth-order valence-electron chi connectivity index (χ4n) is 2.45. The summed E-state index contributed by atoms with van der Waals surface area (Å²) in [6.45, 7) is 1.64. The van der Waals surface area contributed by atoms with Crippen LogP contribution in [0.4, 0.5) is 0 Å². The van der Waals surface area contributed by atoms with E-state index in [1.165, 1.54) is 29.7 Å². The van der Waals surface area contributed by atoms with Crippen LogP contribution in [0, 0.1) is 0 Å². The second-order valence-corrected chi connectivity index (χ2v) is 5.33. The van der Waals surface area contributed by atoms with Gasteiger partial charge in [-0.1, -0.05) is 6.07 Å². The lowest BCUT2D eigenvalue weighted by Gasteiger charge is -2.01. The van der Waals surface area contributed by atoms with Gasteiger partial charge in [0, 0.05) is 19.4 Å². The first-order chi connectivity index (χ1) is 8.65. The summed E-state index contributed by atoms with van der Waals surface area (Å²) in [6, 6.07) is 6.37. The van der Waals surface area contributed by atoms with E-state index in [2.05, 4.69) is 29.8 Å². The SMILES string of the molecule is CC(=O)CCc1ccc2c(c1)nc(C1CC1)n2C. The number of ketones is 1. The minimum absolute atomic E-state index is 0.245. The lowest BCUT2D eigenvalue weighted by molar-refractivity contribution is -0.116. The molecule has 0 spiro atoms. The number of rotatable bonds is 4. The van der Waals surface area contributed by atoms with Gasteiger partial charge in [-0.3, -0.25) is 0 Å². The molecule has 1 fully saturated rings. The fraction of sp³-hybridized carbons (Fsp3) is 0.467. The van der Waals surface area contributed by atoms with Crippen LogP contribution in [-0.2, 0) is 18.3 Å². The van der Waals surface area contributed by atoms with Crippen LogP contribution in [0.5, 0.6) is 0 Å². The molecule has 3 heteroatoms. The summed E-state index contributed by atoms with van der Waals surface area (Å²) in [4.78, 5) is 15.8. The predicted octanol–water partition coefficient (Wildman–Crippen LogP) is 2.97. The molecule has 0 radical (unpaired) electrons. The number of imidazole rings is 1. The molecular formula is C15H18N2O. The van der Waals surface area contributed by atoms with Gasteiger partial charge in [-0.15, -0.1) is 0 Å². The molecule has 1 heterocycles. The predicted molar refractivity (Wildman–Crippen MR) is 71.7 cm³/mol. The third-order valence-electron chi connectivity index (χ3n) is 3.69. The van der Waals surface area contributed by atoms with Crippen molar-refractivity contribution >= 4 is 16.8 Å². The van der Waals surface area contributed by atoms with Crippen LogP contribution in [0.1, 0.15) is 43.5 Å². The van der Waals surface area contributed by atoms with Gasteiger partial charge < -0.3 is 9.36 Å². The molecule has 3 rings (SSSR count). The molecule has 1 saturated carbocycles. The number of nitrogens with zero attached hydrogens (tertiary/aromatic N) is 2. The highest BCUT2D eigenvalue weighted by Crippen LogP contribution is 2.40. The normalized spacial score (nSPS) is 15.2. The van der Waals surface area contributed by atoms with E-state index in [0.29, 0.717) is 12.3 Å². The Hall–Kier alpha value is -1.64. The number of carbonyl (C=O) groups is 1.